The van der Waals surface area contributed by atoms with E-state index in [9.17, 15) is 0 Å². The number of hydrogen-bond donors (Lipinski definition) is 0. The summed E-state index contributed by atoms with van der Waals surface area (Å²) < 4.78 is 0. The van der Waals surface area contributed by atoms with Gasteiger partial charge < -0.3 is 0 Å². The monoisotopic (exact) mass is 202 g/mol. The van der Waals surface area contributed by atoms with Crippen molar-refractivity contribution in [3.63, 3.8) is 0 Å². The van der Waals surface area contributed by atoms with Crippen molar-refractivity contribution in [3.05, 3.63) is 48.0 Å². The molecule has 0 heterocycles. The Morgan fingerprint density at radius 3 is 2.53 bits per heavy atom. The number of rotatable bonds is 6. The van der Waals surface area contributed by atoms with Gasteiger partial charge in [-0.15, -0.1) is 0 Å². The van der Waals surface area contributed by atoms with Gasteiger partial charge in [-0.05, 0) is 44.1 Å². The van der Waals surface area contributed by atoms with Gasteiger partial charge in [0.1, 0.15) is 0 Å². The van der Waals surface area contributed by atoms with Gasteiger partial charge in [-0.25, -0.2) is 0 Å². The van der Waals surface area contributed by atoms with Crippen molar-refractivity contribution in [2.45, 2.75) is 45.4 Å². The van der Waals surface area contributed by atoms with Crippen molar-refractivity contribution >= 4 is 0 Å². The Balaban J connectivity index is 2.43. The van der Waals surface area contributed by atoms with Crippen molar-refractivity contribution in [1.82, 2.24) is 0 Å². The molecule has 1 atom stereocenters. The second kappa shape index (κ2) is 7.28. The average Bonchev–Trinajstić information content (AvgIpc) is 2.30. The van der Waals surface area contributed by atoms with Crippen LogP contribution in [0, 0.1) is 0 Å². The quantitative estimate of drug-likeness (QED) is 0.453. The Hall–Kier alpha value is -1.04. The van der Waals surface area contributed by atoms with Gasteiger partial charge in [0.25, 0.3) is 0 Å². The molecule has 0 nitrogen and oxygen atoms in total. The molecule has 0 N–H and O–H groups in total. The molecule has 82 valence electrons. The maximum Gasteiger partial charge on any atom is -0.0164 e. The van der Waals surface area contributed by atoms with E-state index in [1.54, 1.807) is 0 Å². The highest BCUT2D eigenvalue weighted by atomic mass is 14.1. The zero-order valence-corrected chi connectivity index (χ0v) is 9.95. The zero-order chi connectivity index (χ0) is 10.9. The summed E-state index contributed by atoms with van der Waals surface area (Å²) in [5, 5.41) is 0. The zero-order valence-electron chi connectivity index (χ0n) is 9.95. The summed E-state index contributed by atoms with van der Waals surface area (Å²) in [7, 11) is 0. The molecule has 0 fully saturated rings. The summed E-state index contributed by atoms with van der Waals surface area (Å²) in [5.74, 6) is 0.747. The molecule has 0 saturated carbocycles. The lowest BCUT2D eigenvalue weighted by Crippen LogP contribution is -1.96. The predicted octanol–water partition coefficient (Wildman–Crippen LogP) is 4.93. The van der Waals surface area contributed by atoms with Gasteiger partial charge >= 0.3 is 0 Å². The highest BCUT2D eigenvalue weighted by Crippen LogP contribution is 2.24. The first-order chi connectivity index (χ1) is 7.38. The molecule has 1 aromatic carbocycles. The van der Waals surface area contributed by atoms with Crippen LogP contribution in [0.5, 0.6) is 0 Å². The van der Waals surface area contributed by atoms with Gasteiger partial charge in [-0.3, -0.25) is 0 Å². The van der Waals surface area contributed by atoms with E-state index in [4.69, 9.17) is 0 Å². The predicted molar refractivity (Wildman–Crippen MR) is 68.1 cm³/mol. The van der Waals surface area contributed by atoms with Crippen LogP contribution in [0.25, 0.3) is 0 Å². The van der Waals surface area contributed by atoms with E-state index in [2.05, 4.69) is 56.3 Å². The van der Waals surface area contributed by atoms with Crippen molar-refractivity contribution in [3.8, 4) is 0 Å². The van der Waals surface area contributed by atoms with Crippen molar-refractivity contribution in [2.24, 2.45) is 0 Å². The molecule has 0 heteroatoms. The maximum atomic E-state index is 2.29. The summed E-state index contributed by atoms with van der Waals surface area (Å²) in [4.78, 5) is 0. The van der Waals surface area contributed by atoms with Crippen LogP contribution in [0.1, 0.15) is 51.0 Å². The highest BCUT2D eigenvalue weighted by Gasteiger charge is 2.07. The number of benzene rings is 1. The Bertz CT molecular complexity index is 271. The fourth-order valence-electron chi connectivity index (χ4n) is 1.98. The van der Waals surface area contributed by atoms with Gasteiger partial charge in [0.15, 0.2) is 0 Å². The van der Waals surface area contributed by atoms with E-state index in [1.807, 2.05) is 0 Å². The molecule has 1 aromatic rings. The van der Waals surface area contributed by atoms with Crippen molar-refractivity contribution in [1.29, 1.82) is 0 Å². The van der Waals surface area contributed by atoms with E-state index in [1.165, 1.54) is 31.2 Å². The summed E-state index contributed by atoms with van der Waals surface area (Å²) in [6.07, 6.45) is 9.49. The fraction of sp³-hybridized carbons (Fsp3) is 0.467. The topological polar surface area (TPSA) is 0 Å². The molecule has 0 aliphatic carbocycles. The Morgan fingerprint density at radius 2 is 1.93 bits per heavy atom. The smallest absolute Gasteiger partial charge is 0.0164 e. The van der Waals surface area contributed by atoms with E-state index in [-0.39, 0.29) is 0 Å². The average molecular weight is 202 g/mol. The van der Waals surface area contributed by atoms with Gasteiger partial charge in [0.05, 0.1) is 0 Å². The van der Waals surface area contributed by atoms with Gasteiger partial charge in [0.2, 0.25) is 0 Å². The molecule has 1 rings (SSSR count). The minimum Gasteiger partial charge on any atom is -0.0917 e. The molecule has 0 aromatic heterocycles. The second-order valence-electron chi connectivity index (χ2n) is 4.02. The Morgan fingerprint density at radius 1 is 1.20 bits per heavy atom. The largest absolute Gasteiger partial charge is 0.0917 e. The summed E-state index contributed by atoms with van der Waals surface area (Å²) >= 11 is 0. The highest BCUT2D eigenvalue weighted by molar-refractivity contribution is 5.19. The molecular formula is C15H22. The SMILES string of the molecule is C/C=C/CCCC(CC)c1ccccc1. The third-order valence-corrected chi connectivity index (χ3v) is 2.92. The van der Waals surface area contributed by atoms with Crippen LogP contribution in [0.2, 0.25) is 0 Å². The fourth-order valence-corrected chi connectivity index (χ4v) is 1.98. The van der Waals surface area contributed by atoms with Gasteiger partial charge in [0, 0.05) is 0 Å². The van der Waals surface area contributed by atoms with Crippen LogP contribution in [0.15, 0.2) is 42.5 Å². The standard InChI is InChI=1S/C15H22/c1-3-5-6-8-11-14(4-2)15-12-9-7-10-13-15/h3,5,7,9-10,12-14H,4,6,8,11H2,1-2H3/b5-3+. The van der Waals surface area contributed by atoms with Crippen LogP contribution in [-0.2, 0) is 0 Å². The first kappa shape index (κ1) is 12.0. The normalized spacial score (nSPS) is 13.2. The lowest BCUT2D eigenvalue weighted by Gasteiger charge is -2.14. The minimum absolute atomic E-state index is 0.747. The lowest BCUT2D eigenvalue weighted by atomic mass is 9.91. The van der Waals surface area contributed by atoms with Gasteiger partial charge in [-0.2, -0.15) is 0 Å². The molecule has 0 spiro atoms. The van der Waals surface area contributed by atoms with E-state index >= 15 is 0 Å². The molecule has 0 aliphatic rings. The van der Waals surface area contributed by atoms with Crippen LogP contribution in [-0.4, -0.2) is 0 Å². The van der Waals surface area contributed by atoms with Crippen LogP contribution < -0.4 is 0 Å². The molecule has 1 unspecified atom stereocenters. The first-order valence-electron chi connectivity index (χ1n) is 6.04. The molecular weight excluding hydrogens is 180 g/mol. The number of unbranched alkanes of at least 4 members (excludes halogenated alkanes) is 1. The molecule has 0 radical (unpaired) electrons. The lowest BCUT2D eigenvalue weighted by molar-refractivity contribution is 0.580. The third kappa shape index (κ3) is 4.33. The third-order valence-electron chi connectivity index (χ3n) is 2.92. The van der Waals surface area contributed by atoms with E-state index in [0.717, 1.165) is 5.92 Å². The number of allylic oxidation sites excluding steroid dienone is 2. The van der Waals surface area contributed by atoms with E-state index < -0.39 is 0 Å². The first-order valence-corrected chi connectivity index (χ1v) is 6.04. The maximum absolute atomic E-state index is 2.29. The molecule has 0 amide bonds. The molecule has 0 bridgehead atoms. The van der Waals surface area contributed by atoms with E-state index in [0.29, 0.717) is 0 Å². The van der Waals surface area contributed by atoms with Crippen molar-refractivity contribution < 1.29 is 0 Å². The number of hydrogen-bond acceptors (Lipinski definition) is 0. The Kier molecular flexibility index (Phi) is 5.84. The van der Waals surface area contributed by atoms with Gasteiger partial charge in [-0.1, -0.05) is 49.4 Å². The summed E-state index contributed by atoms with van der Waals surface area (Å²) in [6, 6.07) is 10.9. The summed E-state index contributed by atoms with van der Waals surface area (Å²) in [6.45, 7) is 4.38. The van der Waals surface area contributed by atoms with Crippen LogP contribution in [0.3, 0.4) is 0 Å². The molecule has 0 aliphatic heterocycles. The second-order valence-corrected chi connectivity index (χ2v) is 4.02. The minimum atomic E-state index is 0.747. The molecule has 15 heavy (non-hydrogen) atoms. The molecule has 0 saturated heterocycles. The Labute approximate surface area is 94.0 Å². The van der Waals surface area contributed by atoms with Crippen LogP contribution >= 0.6 is 0 Å². The van der Waals surface area contributed by atoms with Crippen LogP contribution in [0.4, 0.5) is 0 Å². The van der Waals surface area contributed by atoms with Crippen molar-refractivity contribution in [2.75, 3.05) is 0 Å². The summed E-state index contributed by atoms with van der Waals surface area (Å²) in [5.41, 5.74) is 1.50.